The summed E-state index contributed by atoms with van der Waals surface area (Å²) < 4.78 is 0.660. The normalized spacial score (nSPS) is 17.9. The largest absolute Gasteiger partial charge is 0.387 e. The third kappa shape index (κ3) is 2.40. The lowest BCUT2D eigenvalue weighted by molar-refractivity contribution is -0.385. The third-order valence-electron chi connectivity index (χ3n) is 2.59. The molecule has 1 aliphatic rings. The Bertz CT molecular complexity index is 432. The molecule has 1 aromatic rings. The second-order valence-corrected chi connectivity index (χ2v) is 5.00. The number of aliphatic hydroxyl groups is 1. The monoisotopic (exact) mass is 286 g/mol. The lowest BCUT2D eigenvalue weighted by Gasteiger charge is -2.37. The number of nitrogens with one attached hydrogen (secondary N) is 1. The summed E-state index contributed by atoms with van der Waals surface area (Å²) in [6, 6.07) is 4.75. The lowest BCUT2D eigenvalue weighted by atomic mass is 9.89. The van der Waals surface area contributed by atoms with E-state index in [1.165, 1.54) is 12.1 Å². The van der Waals surface area contributed by atoms with Crippen molar-refractivity contribution in [3.05, 3.63) is 38.3 Å². The Balaban J connectivity index is 2.23. The number of halogens is 1. The van der Waals surface area contributed by atoms with E-state index in [9.17, 15) is 15.2 Å². The Hall–Kier alpha value is -0.980. The van der Waals surface area contributed by atoms with Crippen molar-refractivity contribution in [1.29, 1.82) is 0 Å². The van der Waals surface area contributed by atoms with E-state index in [-0.39, 0.29) is 5.69 Å². The van der Waals surface area contributed by atoms with E-state index in [1.807, 2.05) is 0 Å². The van der Waals surface area contributed by atoms with Gasteiger partial charge in [-0.1, -0.05) is 15.9 Å². The number of benzene rings is 1. The fourth-order valence-electron chi connectivity index (χ4n) is 1.76. The van der Waals surface area contributed by atoms with E-state index in [0.717, 1.165) is 5.56 Å². The zero-order valence-electron chi connectivity index (χ0n) is 8.44. The Kier molecular flexibility index (Phi) is 2.96. The highest BCUT2D eigenvalue weighted by Crippen LogP contribution is 2.25. The number of non-ortho nitro benzene ring substituents is 1. The van der Waals surface area contributed by atoms with E-state index in [1.54, 1.807) is 6.07 Å². The number of rotatable bonds is 3. The number of β-amino-alcohol motifs (C(OH)–C–C–N with tert-alkyl or cyclic N) is 1. The van der Waals surface area contributed by atoms with Crippen LogP contribution in [0.25, 0.3) is 0 Å². The van der Waals surface area contributed by atoms with E-state index in [0.29, 0.717) is 24.0 Å². The molecule has 1 fully saturated rings. The van der Waals surface area contributed by atoms with Crippen molar-refractivity contribution in [3.8, 4) is 0 Å². The first-order valence-corrected chi connectivity index (χ1v) is 5.65. The van der Waals surface area contributed by atoms with E-state index in [4.69, 9.17) is 0 Å². The van der Waals surface area contributed by atoms with Crippen molar-refractivity contribution in [3.63, 3.8) is 0 Å². The number of nitrogens with zero attached hydrogens (tertiary/aromatic N) is 1. The molecule has 0 unspecified atom stereocenters. The molecule has 6 heteroatoms. The van der Waals surface area contributed by atoms with Crippen LogP contribution in [-0.2, 0) is 6.42 Å². The van der Waals surface area contributed by atoms with Gasteiger partial charge in [0.05, 0.1) is 10.5 Å². The van der Waals surface area contributed by atoms with Crippen LogP contribution in [0.2, 0.25) is 0 Å². The topological polar surface area (TPSA) is 75.4 Å². The molecule has 0 spiro atoms. The van der Waals surface area contributed by atoms with Crippen LogP contribution in [0, 0.1) is 10.1 Å². The van der Waals surface area contributed by atoms with Crippen molar-refractivity contribution >= 4 is 21.6 Å². The summed E-state index contributed by atoms with van der Waals surface area (Å²) in [7, 11) is 0. The standard InChI is InChI=1S/C10H11BrN2O3/c11-8-1-7(2-9(3-8)13(15)16)4-10(14)5-12-6-10/h1-3,12,14H,4-6H2. The minimum absolute atomic E-state index is 0.0419. The smallest absolute Gasteiger partial charge is 0.270 e. The minimum Gasteiger partial charge on any atom is -0.387 e. The predicted molar refractivity (Wildman–Crippen MR) is 62.3 cm³/mol. The first kappa shape index (κ1) is 11.5. The first-order chi connectivity index (χ1) is 7.48. The van der Waals surface area contributed by atoms with Crippen molar-refractivity contribution in [1.82, 2.24) is 5.32 Å². The molecule has 1 aromatic carbocycles. The molecule has 2 N–H and O–H groups in total. The van der Waals surface area contributed by atoms with E-state index in [2.05, 4.69) is 21.2 Å². The summed E-state index contributed by atoms with van der Waals surface area (Å²) in [5, 5.41) is 23.6. The maximum Gasteiger partial charge on any atom is 0.270 e. The second-order valence-electron chi connectivity index (χ2n) is 4.08. The lowest BCUT2D eigenvalue weighted by Crippen LogP contribution is -2.60. The van der Waals surface area contributed by atoms with Crippen molar-refractivity contribution in [2.75, 3.05) is 13.1 Å². The van der Waals surface area contributed by atoms with Crippen LogP contribution in [0.1, 0.15) is 5.56 Å². The molecule has 86 valence electrons. The predicted octanol–water partition coefficient (Wildman–Crippen LogP) is 1.23. The molecule has 0 aliphatic carbocycles. The van der Waals surface area contributed by atoms with Crippen LogP contribution in [0.3, 0.4) is 0 Å². The maximum atomic E-state index is 10.7. The molecule has 16 heavy (non-hydrogen) atoms. The summed E-state index contributed by atoms with van der Waals surface area (Å²) in [5.41, 5.74) is 0.0552. The van der Waals surface area contributed by atoms with Crippen molar-refractivity contribution in [2.24, 2.45) is 0 Å². The molecule has 0 bridgehead atoms. The molecule has 0 atom stereocenters. The van der Waals surface area contributed by atoms with Gasteiger partial charge < -0.3 is 10.4 Å². The van der Waals surface area contributed by atoms with E-state index < -0.39 is 10.5 Å². The van der Waals surface area contributed by atoms with Gasteiger partial charge in [-0.2, -0.15) is 0 Å². The quantitative estimate of drug-likeness (QED) is 0.647. The number of hydrogen-bond acceptors (Lipinski definition) is 4. The van der Waals surface area contributed by atoms with Gasteiger partial charge in [-0.3, -0.25) is 10.1 Å². The molecular weight excluding hydrogens is 276 g/mol. The van der Waals surface area contributed by atoms with Gasteiger partial charge in [-0.05, 0) is 11.6 Å². The van der Waals surface area contributed by atoms with Crippen LogP contribution < -0.4 is 5.32 Å². The van der Waals surface area contributed by atoms with Crippen LogP contribution >= 0.6 is 15.9 Å². The average Bonchev–Trinajstić information content (AvgIpc) is 2.14. The van der Waals surface area contributed by atoms with Gasteiger partial charge in [-0.15, -0.1) is 0 Å². The maximum absolute atomic E-state index is 10.7. The number of hydrogen-bond donors (Lipinski definition) is 2. The molecule has 5 nitrogen and oxygen atoms in total. The Morgan fingerprint density at radius 3 is 2.69 bits per heavy atom. The highest BCUT2D eigenvalue weighted by Gasteiger charge is 2.34. The number of nitro groups is 1. The van der Waals surface area contributed by atoms with Gasteiger partial charge in [0.1, 0.15) is 0 Å². The molecule has 0 saturated carbocycles. The summed E-state index contributed by atoms with van der Waals surface area (Å²) in [5.74, 6) is 0. The molecule has 1 saturated heterocycles. The highest BCUT2D eigenvalue weighted by molar-refractivity contribution is 9.10. The van der Waals surface area contributed by atoms with Crippen LogP contribution in [0.5, 0.6) is 0 Å². The molecule has 0 amide bonds. The Morgan fingerprint density at radius 2 is 2.19 bits per heavy atom. The number of nitro benzene ring substituents is 1. The van der Waals surface area contributed by atoms with Gasteiger partial charge in [-0.25, -0.2) is 0 Å². The fourth-order valence-corrected chi connectivity index (χ4v) is 2.29. The van der Waals surface area contributed by atoms with Gasteiger partial charge in [0, 0.05) is 36.1 Å². The molecule has 2 rings (SSSR count). The molecule has 0 aromatic heterocycles. The van der Waals surface area contributed by atoms with Crippen molar-refractivity contribution in [2.45, 2.75) is 12.0 Å². The fraction of sp³-hybridized carbons (Fsp3) is 0.400. The summed E-state index contributed by atoms with van der Waals surface area (Å²) in [6.07, 6.45) is 0.431. The molecule has 1 heterocycles. The first-order valence-electron chi connectivity index (χ1n) is 4.85. The van der Waals surface area contributed by atoms with Crippen LogP contribution in [0.4, 0.5) is 5.69 Å². The highest BCUT2D eigenvalue weighted by atomic mass is 79.9. The average molecular weight is 287 g/mol. The van der Waals surface area contributed by atoms with Gasteiger partial charge >= 0.3 is 0 Å². The zero-order chi connectivity index (χ0) is 11.8. The summed E-state index contributed by atoms with van der Waals surface area (Å²) in [4.78, 5) is 10.2. The third-order valence-corrected chi connectivity index (χ3v) is 3.05. The summed E-state index contributed by atoms with van der Waals surface area (Å²) >= 11 is 3.23. The van der Waals surface area contributed by atoms with Crippen LogP contribution in [-0.4, -0.2) is 28.7 Å². The SMILES string of the molecule is O=[N+]([O-])c1cc(Br)cc(CC2(O)CNC2)c1. The van der Waals surface area contributed by atoms with Gasteiger partial charge in [0.2, 0.25) is 0 Å². The summed E-state index contributed by atoms with van der Waals surface area (Å²) in [6.45, 7) is 1.07. The minimum atomic E-state index is -0.755. The van der Waals surface area contributed by atoms with Crippen LogP contribution in [0.15, 0.2) is 22.7 Å². The molecular formula is C10H11BrN2O3. The second kappa shape index (κ2) is 4.12. The van der Waals surface area contributed by atoms with E-state index >= 15 is 0 Å². The van der Waals surface area contributed by atoms with Gasteiger partial charge in [0.15, 0.2) is 0 Å². The molecule has 0 radical (unpaired) electrons. The molecule has 1 aliphatic heterocycles. The zero-order valence-corrected chi connectivity index (χ0v) is 10.0. The Labute approximate surface area is 101 Å². The van der Waals surface area contributed by atoms with Crippen molar-refractivity contribution < 1.29 is 10.0 Å². The van der Waals surface area contributed by atoms with Gasteiger partial charge in [0.25, 0.3) is 5.69 Å². The Morgan fingerprint density at radius 1 is 1.50 bits per heavy atom.